The lowest BCUT2D eigenvalue weighted by molar-refractivity contribution is -0.0285. The Hall–Kier alpha value is -0.120. The van der Waals surface area contributed by atoms with E-state index in [0.717, 1.165) is 12.5 Å². The molecule has 0 heterocycles. The van der Waals surface area contributed by atoms with E-state index in [2.05, 4.69) is 19.3 Å². The van der Waals surface area contributed by atoms with Gasteiger partial charge in [-0.05, 0) is 39.0 Å². The molecule has 1 fully saturated rings. The molecule has 3 N–H and O–H groups in total. The Labute approximate surface area is 74.6 Å². The van der Waals surface area contributed by atoms with Crippen molar-refractivity contribution >= 4 is 0 Å². The van der Waals surface area contributed by atoms with Crippen LogP contribution in [-0.4, -0.2) is 18.8 Å². The maximum Gasteiger partial charge on any atom is 0.0580 e. The Morgan fingerprint density at radius 2 is 2.25 bits per heavy atom. The van der Waals surface area contributed by atoms with Crippen LogP contribution < -0.4 is 11.3 Å². The smallest absolute Gasteiger partial charge is 0.0580 e. The minimum atomic E-state index is 0.442. The summed E-state index contributed by atoms with van der Waals surface area (Å²) >= 11 is 0. The fraction of sp³-hybridized carbons (Fsp3) is 1.00. The van der Waals surface area contributed by atoms with E-state index in [0.29, 0.717) is 12.1 Å². The lowest BCUT2D eigenvalue weighted by atomic mass is 9.78. The van der Waals surface area contributed by atoms with Crippen molar-refractivity contribution in [3.05, 3.63) is 0 Å². The van der Waals surface area contributed by atoms with E-state index in [1.165, 1.54) is 19.3 Å². The summed E-state index contributed by atoms with van der Waals surface area (Å²) in [6, 6.07) is 0.442. The number of rotatable bonds is 5. The monoisotopic (exact) mass is 172 g/mol. The molecule has 12 heavy (non-hydrogen) atoms. The van der Waals surface area contributed by atoms with E-state index >= 15 is 0 Å². The Morgan fingerprint density at radius 1 is 1.58 bits per heavy atom. The van der Waals surface area contributed by atoms with Gasteiger partial charge < -0.3 is 4.74 Å². The first-order valence-electron chi connectivity index (χ1n) is 4.84. The largest absolute Gasteiger partial charge is 0.378 e. The first-order chi connectivity index (χ1) is 5.76. The topological polar surface area (TPSA) is 47.3 Å². The zero-order valence-corrected chi connectivity index (χ0v) is 8.05. The van der Waals surface area contributed by atoms with Crippen molar-refractivity contribution in [2.24, 2.45) is 11.8 Å². The van der Waals surface area contributed by atoms with Crippen LogP contribution >= 0.6 is 0 Å². The molecule has 0 saturated heterocycles. The zero-order chi connectivity index (χ0) is 8.97. The van der Waals surface area contributed by atoms with Gasteiger partial charge in [-0.25, -0.2) is 0 Å². The quantitative estimate of drug-likeness (QED) is 0.481. The van der Waals surface area contributed by atoms with Crippen LogP contribution in [0.5, 0.6) is 0 Å². The van der Waals surface area contributed by atoms with Gasteiger partial charge in [-0.1, -0.05) is 0 Å². The van der Waals surface area contributed by atoms with E-state index in [1.54, 1.807) is 0 Å². The second-order valence-corrected chi connectivity index (χ2v) is 3.72. The Bertz CT molecular complexity index is 124. The summed E-state index contributed by atoms with van der Waals surface area (Å²) in [7, 11) is 0. The molecule has 0 amide bonds. The highest BCUT2D eigenvalue weighted by Gasteiger charge is 2.29. The van der Waals surface area contributed by atoms with E-state index in [1.807, 2.05) is 0 Å². The maximum atomic E-state index is 5.47. The van der Waals surface area contributed by atoms with Gasteiger partial charge >= 0.3 is 0 Å². The van der Waals surface area contributed by atoms with Crippen molar-refractivity contribution in [1.82, 2.24) is 5.43 Å². The van der Waals surface area contributed by atoms with Crippen molar-refractivity contribution in [2.75, 3.05) is 6.61 Å². The van der Waals surface area contributed by atoms with Crippen molar-refractivity contribution in [3.63, 3.8) is 0 Å². The van der Waals surface area contributed by atoms with E-state index in [4.69, 9.17) is 10.6 Å². The summed E-state index contributed by atoms with van der Waals surface area (Å²) in [6.45, 7) is 5.02. The molecule has 1 aliphatic carbocycles. The molecule has 0 radical (unpaired) electrons. The highest BCUT2D eigenvalue weighted by Crippen LogP contribution is 2.33. The molecule has 1 atom stereocenters. The third-order valence-corrected chi connectivity index (χ3v) is 2.57. The summed E-state index contributed by atoms with van der Waals surface area (Å²) in [5, 5.41) is 0. The summed E-state index contributed by atoms with van der Waals surface area (Å²) < 4.78 is 5.47. The normalized spacial score (nSPS) is 31.2. The molecule has 1 saturated carbocycles. The van der Waals surface area contributed by atoms with E-state index in [9.17, 15) is 0 Å². The van der Waals surface area contributed by atoms with Crippen LogP contribution in [0.15, 0.2) is 0 Å². The molecule has 72 valence electrons. The number of nitrogens with one attached hydrogen (secondary N) is 1. The standard InChI is InChI=1S/C9H20N2O/c1-3-12-9-5-8(6-9)4-7(2)11-10/h7-9,11H,3-6,10H2,1-2H3. The highest BCUT2D eigenvalue weighted by atomic mass is 16.5. The number of hydrazine groups is 1. The summed E-state index contributed by atoms with van der Waals surface area (Å²) in [4.78, 5) is 0. The molecular weight excluding hydrogens is 152 g/mol. The second kappa shape index (κ2) is 4.80. The molecule has 1 unspecified atom stereocenters. The predicted molar refractivity (Wildman–Crippen MR) is 49.5 cm³/mol. The molecule has 3 heteroatoms. The van der Waals surface area contributed by atoms with Gasteiger partial charge in [0.15, 0.2) is 0 Å². The van der Waals surface area contributed by atoms with Crippen LogP contribution in [0.1, 0.15) is 33.1 Å². The molecule has 0 spiro atoms. The molecule has 0 aromatic carbocycles. The molecule has 0 aromatic rings. The number of nitrogens with two attached hydrogens (primary N) is 1. The highest BCUT2D eigenvalue weighted by molar-refractivity contribution is 4.82. The van der Waals surface area contributed by atoms with Crippen LogP contribution in [0.2, 0.25) is 0 Å². The van der Waals surface area contributed by atoms with Crippen LogP contribution in [-0.2, 0) is 4.74 Å². The fourth-order valence-electron chi connectivity index (χ4n) is 1.81. The fourth-order valence-corrected chi connectivity index (χ4v) is 1.81. The minimum absolute atomic E-state index is 0.442. The van der Waals surface area contributed by atoms with Crippen molar-refractivity contribution < 1.29 is 4.74 Å². The van der Waals surface area contributed by atoms with Crippen LogP contribution in [0, 0.1) is 5.92 Å². The maximum absolute atomic E-state index is 5.47. The summed E-state index contributed by atoms with van der Waals surface area (Å²) in [6.07, 6.45) is 4.16. The average Bonchev–Trinajstić information content (AvgIpc) is 2.00. The van der Waals surface area contributed by atoms with E-state index < -0.39 is 0 Å². The van der Waals surface area contributed by atoms with Crippen molar-refractivity contribution in [1.29, 1.82) is 0 Å². The molecule has 0 aliphatic heterocycles. The third-order valence-electron chi connectivity index (χ3n) is 2.57. The molecule has 3 nitrogen and oxygen atoms in total. The average molecular weight is 172 g/mol. The van der Waals surface area contributed by atoms with Gasteiger partial charge in [0, 0.05) is 12.6 Å². The molecular formula is C9H20N2O. The van der Waals surface area contributed by atoms with Crippen LogP contribution in [0.3, 0.4) is 0 Å². The summed E-state index contributed by atoms with van der Waals surface area (Å²) in [5.74, 6) is 6.14. The summed E-state index contributed by atoms with van der Waals surface area (Å²) in [5.41, 5.74) is 2.77. The first-order valence-corrected chi connectivity index (χ1v) is 4.84. The Morgan fingerprint density at radius 3 is 2.75 bits per heavy atom. The lowest BCUT2D eigenvalue weighted by Crippen LogP contribution is -2.39. The van der Waals surface area contributed by atoms with Gasteiger partial charge in [-0.15, -0.1) is 0 Å². The molecule has 1 rings (SSSR count). The third kappa shape index (κ3) is 2.73. The lowest BCUT2D eigenvalue weighted by Gasteiger charge is -2.36. The van der Waals surface area contributed by atoms with Gasteiger partial charge in [0.25, 0.3) is 0 Å². The van der Waals surface area contributed by atoms with Crippen molar-refractivity contribution in [3.8, 4) is 0 Å². The zero-order valence-electron chi connectivity index (χ0n) is 8.05. The molecule has 1 aliphatic rings. The van der Waals surface area contributed by atoms with Gasteiger partial charge in [0.2, 0.25) is 0 Å². The SMILES string of the molecule is CCOC1CC(CC(C)NN)C1. The van der Waals surface area contributed by atoms with Gasteiger partial charge in [-0.2, -0.15) is 0 Å². The number of ether oxygens (including phenoxy) is 1. The van der Waals surface area contributed by atoms with Gasteiger partial charge in [0.05, 0.1) is 6.10 Å². The Balaban J connectivity index is 2.01. The number of hydrogen-bond acceptors (Lipinski definition) is 3. The predicted octanol–water partition coefficient (Wildman–Crippen LogP) is 1.04. The number of hydrogen-bond donors (Lipinski definition) is 2. The molecule has 0 aromatic heterocycles. The van der Waals surface area contributed by atoms with Gasteiger partial charge in [-0.3, -0.25) is 11.3 Å². The second-order valence-electron chi connectivity index (χ2n) is 3.72. The Kier molecular flexibility index (Phi) is 3.98. The minimum Gasteiger partial charge on any atom is -0.378 e. The van der Waals surface area contributed by atoms with Crippen LogP contribution in [0.4, 0.5) is 0 Å². The molecule has 0 bridgehead atoms. The van der Waals surface area contributed by atoms with Crippen molar-refractivity contribution in [2.45, 2.75) is 45.3 Å². The first kappa shape index (κ1) is 9.96. The van der Waals surface area contributed by atoms with Gasteiger partial charge in [0.1, 0.15) is 0 Å². The van der Waals surface area contributed by atoms with E-state index in [-0.39, 0.29) is 0 Å². The van der Waals surface area contributed by atoms with Crippen LogP contribution in [0.25, 0.3) is 0 Å².